The highest BCUT2D eigenvalue weighted by Crippen LogP contribution is 2.58. The third kappa shape index (κ3) is 3.48. The molecule has 6 atom stereocenters. The first-order chi connectivity index (χ1) is 10.5. The van der Waals surface area contributed by atoms with E-state index in [2.05, 4.69) is 72.9 Å². The molecule has 2 aliphatic rings. The van der Waals surface area contributed by atoms with Crippen molar-refractivity contribution >= 4 is 45.2 Å². The second-order valence-electron chi connectivity index (χ2n) is 8.78. The lowest BCUT2D eigenvalue weighted by Gasteiger charge is -2.55. The summed E-state index contributed by atoms with van der Waals surface area (Å²) in [5.41, 5.74) is 14.5. The van der Waals surface area contributed by atoms with E-state index in [1.807, 2.05) is 0 Å². The highest BCUT2D eigenvalue weighted by atomic mass is 127. The van der Waals surface area contributed by atoms with Gasteiger partial charge in [-0.1, -0.05) is 85.7 Å². The molecular formula is C19H36I2N2. The van der Waals surface area contributed by atoms with Crippen molar-refractivity contribution in [3.05, 3.63) is 0 Å². The summed E-state index contributed by atoms with van der Waals surface area (Å²) in [6.07, 6.45) is 11.3. The van der Waals surface area contributed by atoms with Crippen LogP contribution in [-0.4, -0.2) is 7.09 Å². The molecular weight excluding hydrogens is 510 g/mol. The topological polar surface area (TPSA) is 52.0 Å². The fourth-order valence-electron chi connectivity index (χ4n) is 5.08. The molecule has 2 rings (SSSR count). The largest absolute Gasteiger partial charge is 0.316 e. The van der Waals surface area contributed by atoms with Crippen LogP contribution < -0.4 is 11.5 Å². The molecule has 2 saturated carbocycles. The van der Waals surface area contributed by atoms with Gasteiger partial charge in [0.25, 0.3) is 0 Å². The Morgan fingerprint density at radius 1 is 0.826 bits per heavy atom. The predicted octanol–water partition coefficient (Wildman–Crippen LogP) is 5.99. The highest BCUT2D eigenvalue weighted by molar-refractivity contribution is 14.1. The van der Waals surface area contributed by atoms with E-state index in [9.17, 15) is 0 Å². The lowest BCUT2D eigenvalue weighted by Crippen LogP contribution is -2.60. The Balaban J connectivity index is 2.20. The number of alkyl halides is 2. The molecule has 0 aromatic rings. The number of rotatable bonds is 4. The van der Waals surface area contributed by atoms with Gasteiger partial charge in [0.1, 0.15) is 0 Å². The molecule has 2 aliphatic carbocycles. The van der Waals surface area contributed by atoms with Crippen molar-refractivity contribution in [3.63, 3.8) is 0 Å². The van der Waals surface area contributed by atoms with Crippen LogP contribution in [0.5, 0.6) is 0 Å². The molecule has 0 amide bonds. The van der Waals surface area contributed by atoms with Crippen LogP contribution in [0.1, 0.15) is 85.5 Å². The summed E-state index contributed by atoms with van der Waals surface area (Å²) >= 11 is 5.18. The van der Waals surface area contributed by atoms with Gasteiger partial charge < -0.3 is 11.5 Å². The fraction of sp³-hybridized carbons (Fsp3) is 1.00. The van der Waals surface area contributed by atoms with Gasteiger partial charge >= 0.3 is 0 Å². The zero-order chi connectivity index (χ0) is 17.5. The molecule has 0 aromatic heterocycles. The molecule has 6 unspecified atom stereocenters. The molecule has 4 heteroatoms. The average Bonchev–Trinajstić information content (AvgIpc) is 2.49. The summed E-state index contributed by atoms with van der Waals surface area (Å²) < 4.78 is -0.185. The standard InChI is InChI=1S/C19H36I2N2/c1-5-16(3)11-7-9-14(18(16,20)22)13-15-10-8-12-17(4,6-2)19(15,21)23/h14-15H,5-13,22-23H2,1-4H3. The summed E-state index contributed by atoms with van der Waals surface area (Å²) in [6.45, 7) is 9.43. The van der Waals surface area contributed by atoms with Gasteiger partial charge in [0.2, 0.25) is 0 Å². The third-order valence-corrected chi connectivity index (χ3v) is 12.1. The van der Waals surface area contributed by atoms with Crippen molar-refractivity contribution in [1.29, 1.82) is 0 Å². The van der Waals surface area contributed by atoms with Crippen LogP contribution in [0.25, 0.3) is 0 Å². The SMILES string of the molecule is CCC1(C)CCCC(CC2CCCC(C)(CC)C2(N)I)C1(N)I. The quantitative estimate of drug-likeness (QED) is 0.259. The van der Waals surface area contributed by atoms with E-state index in [0.29, 0.717) is 11.8 Å². The van der Waals surface area contributed by atoms with E-state index < -0.39 is 0 Å². The Morgan fingerprint density at radius 2 is 1.17 bits per heavy atom. The fourth-order valence-corrected chi connectivity index (χ4v) is 7.52. The van der Waals surface area contributed by atoms with Gasteiger partial charge in [-0.25, -0.2) is 0 Å². The molecule has 0 aliphatic heterocycles. The number of nitrogens with two attached hydrogens (primary N) is 2. The first-order valence-electron chi connectivity index (χ1n) is 9.49. The lowest BCUT2D eigenvalue weighted by atomic mass is 9.60. The second-order valence-corrected chi connectivity index (χ2v) is 12.3. The Morgan fingerprint density at radius 3 is 1.48 bits per heavy atom. The third-order valence-electron chi connectivity index (χ3n) is 7.73. The number of halogens is 2. The van der Waals surface area contributed by atoms with Crippen molar-refractivity contribution in [2.24, 2.45) is 34.1 Å². The Kier molecular flexibility index (Phi) is 6.46. The van der Waals surface area contributed by atoms with E-state index in [-0.39, 0.29) is 17.9 Å². The van der Waals surface area contributed by atoms with Crippen LogP contribution in [-0.2, 0) is 0 Å². The molecule has 0 spiro atoms. The maximum Gasteiger partial charge on any atom is 0.0763 e. The van der Waals surface area contributed by atoms with Crippen molar-refractivity contribution in [3.8, 4) is 0 Å². The molecule has 0 bridgehead atoms. The monoisotopic (exact) mass is 546 g/mol. The van der Waals surface area contributed by atoms with Gasteiger partial charge in [0.05, 0.1) is 7.09 Å². The van der Waals surface area contributed by atoms with Crippen molar-refractivity contribution < 1.29 is 0 Å². The Labute approximate surface area is 171 Å². The minimum absolute atomic E-state index is 0.0927. The molecule has 4 N–H and O–H groups in total. The van der Waals surface area contributed by atoms with Gasteiger partial charge in [-0.2, -0.15) is 0 Å². The zero-order valence-corrected chi connectivity index (χ0v) is 19.7. The Hall–Kier alpha value is 1.38. The van der Waals surface area contributed by atoms with Crippen LogP contribution >= 0.6 is 45.2 Å². The minimum atomic E-state index is -0.0927. The highest BCUT2D eigenvalue weighted by Gasteiger charge is 2.54. The number of hydrogen-bond donors (Lipinski definition) is 2. The summed E-state index contributed by atoms with van der Waals surface area (Å²) in [4.78, 5) is 0. The maximum absolute atomic E-state index is 6.96. The van der Waals surface area contributed by atoms with Gasteiger partial charge in [0.15, 0.2) is 0 Å². The molecule has 0 saturated heterocycles. The lowest BCUT2D eigenvalue weighted by molar-refractivity contribution is 0.0465. The summed E-state index contributed by atoms with van der Waals surface area (Å²) in [6, 6.07) is 0. The zero-order valence-electron chi connectivity index (χ0n) is 15.4. The summed E-state index contributed by atoms with van der Waals surface area (Å²) in [5, 5.41) is 0. The first-order valence-corrected chi connectivity index (χ1v) is 11.7. The van der Waals surface area contributed by atoms with E-state index in [0.717, 1.165) is 0 Å². The molecule has 23 heavy (non-hydrogen) atoms. The van der Waals surface area contributed by atoms with E-state index in [1.165, 1.54) is 57.8 Å². The average molecular weight is 546 g/mol. The number of hydrogen-bond acceptors (Lipinski definition) is 2. The molecule has 0 heterocycles. The van der Waals surface area contributed by atoms with Gasteiger partial charge in [-0.3, -0.25) is 0 Å². The predicted molar refractivity (Wildman–Crippen MR) is 118 cm³/mol. The first kappa shape index (κ1) is 20.7. The van der Waals surface area contributed by atoms with Crippen LogP contribution in [0.4, 0.5) is 0 Å². The van der Waals surface area contributed by atoms with Crippen LogP contribution in [0.2, 0.25) is 0 Å². The minimum Gasteiger partial charge on any atom is -0.316 e. The van der Waals surface area contributed by atoms with E-state index in [4.69, 9.17) is 11.5 Å². The summed E-state index contributed by atoms with van der Waals surface area (Å²) in [5.74, 6) is 1.20. The smallest absolute Gasteiger partial charge is 0.0763 e. The van der Waals surface area contributed by atoms with Crippen molar-refractivity contribution in [2.75, 3.05) is 0 Å². The van der Waals surface area contributed by atoms with Crippen LogP contribution in [0.3, 0.4) is 0 Å². The van der Waals surface area contributed by atoms with Crippen molar-refractivity contribution in [2.45, 2.75) is 92.6 Å². The van der Waals surface area contributed by atoms with Gasteiger partial charge in [0, 0.05) is 0 Å². The van der Waals surface area contributed by atoms with E-state index in [1.54, 1.807) is 0 Å². The van der Waals surface area contributed by atoms with E-state index >= 15 is 0 Å². The van der Waals surface area contributed by atoms with Crippen LogP contribution in [0.15, 0.2) is 0 Å². The van der Waals surface area contributed by atoms with Crippen LogP contribution in [0, 0.1) is 22.7 Å². The molecule has 0 aromatic carbocycles. The van der Waals surface area contributed by atoms with Crippen molar-refractivity contribution in [1.82, 2.24) is 0 Å². The molecule has 0 radical (unpaired) electrons. The van der Waals surface area contributed by atoms with Gasteiger partial charge in [-0.15, -0.1) is 0 Å². The van der Waals surface area contributed by atoms with Gasteiger partial charge in [-0.05, 0) is 67.6 Å². The second kappa shape index (κ2) is 7.18. The molecule has 136 valence electrons. The molecule has 2 fully saturated rings. The molecule has 2 nitrogen and oxygen atoms in total. The normalized spacial score (nSPS) is 51.7. The Bertz CT molecular complexity index is 386. The summed E-state index contributed by atoms with van der Waals surface area (Å²) in [7, 11) is 0. The maximum atomic E-state index is 6.96.